The molecule has 0 spiro atoms. The van der Waals surface area contributed by atoms with Crippen LogP contribution in [0.1, 0.15) is 11.1 Å². The Kier molecular flexibility index (Phi) is 6.00. The summed E-state index contributed by atoms with van der Waals surface area (Å²) in [5, 5.41) is 2.67. The van der Waals surface area contributed by atoms with Gasteiger partial charge in [-0.15, -0.1) is 0 Å². The maximum Gasteiger partial charge on any atom is 0.336 e. The second-order valence-electron chi connectivity index (χ2n) is 6.90. The van der Waals surface area contributed by atoms with Gasteiger partial charge in [0, 0.05) is 5.02 Å². The van der Waals surface area contributed by atoms with Crippen molar-refractivity contribution in [2.45, 2.75) is 6.61 Å². The van der Waals surface area contributed by atoms with Crippen LogP contribution < -0.4 is 15.0 Å². The fourth-order valence-corrected chi connectivity index (χ4v) is 3.38. The largest absolute Gasteiger partial charge is 0.489 e. The fourth-order valence-electron chi connectivity index (χ4n) is 3.16. The molecule has 1 N–H and O–H groups in total. The first-order valence-electron chi connectivity index (χ1n) is 9.55. The fraction of sp³-hybridized carbons (Fsp3) is 0.0417. The number of carbonyl (C=O) groups is 3. The molecule has 160 valence electrons. The minimum absolute atomic E-state index is 0.244. The molecular weight excluding hydrogens is 435 g/mol. The van der Waals surface area contributed by atoms with Gasteiger partial charge in [0.1, 0.15) is 23.7 Å². The highest BCUT2D eigenvalue weighted by Gasteiger charge is 2.37. The molecule has 6 nitrogen and oxygen atoms in total. The van der Waals surface area contributed by atoms with Crippen molar-refractivity contribution in [1.82, 2.24) is 5.32 Å². The average molecular weight is 451 g/mol. The Labute approximate surface area is 187 Å². The highest BCUT2D eigenvalue weighted by Crippen LogP contribution is 2.25. The van der Waals surface area contributed by atoms with Gasteiger partial charge < -0.3 is 4.74 Å². The molecule has 4 amide bonds. The third-order valence-electron chi connectivity index (χ3n) is 4.66. The van der Waals surface area contributed by atoms with Crippen molar-refractivity contribution >= 4 is 41.2 Å². The number of imide groups is 2. The van der Waals surface area contributed by atoms with Gasteiger partial charge in [0.25, 0.3) is 11.8 Å². The minimum atomic E-state index is -1.01. The van der Waals surface area contributed by atoms with E-state index in [1.807, 2.05) is 12.1 Å². The number of hydrogen-bond donors (Lipinski definition) is 1. The third kappa shape index (κ3) is 4.53. The van der Waals surface area contributed by atoms with Crippen molar-refractivity contribution in [2.75, 3.05) is 4.90 Å². The van der Waals surface area contributed by atoms with E-state index in [0.717, 1.165) is 11.6 Å². The van der Waals surface area contributed by atoms with Crippen molar-refractivity contribution in [2.24, 2.45) is 0 Å². The summed E-state index contributed by atoms with van der Waals surface area (Å²) in [7, 11) is 0. The molecule has 1 aliphatic rings. The van der Waals surface area contributed by atoms with Gasteiger partial charge in [-0.1, -0.05) is 48.0 Å². The van der Waals surface area contributed by atoms with Gasteiger partial charge in [-0.25, -0.2) is 14.1 Å². The second-order valence-corrected chi connectivity index (χ2v) is 7.34. The maximum absolute atomic E-state index is 14.2. The van der Waals surface area contributed by atoms with Crippen LogP contribution in [0, 0.1) is 5.82 Å². The number of rotatable bonds is 5. The number of carbonyl (C=O) groups excluding carboxylic acids is 3. The molecule has 0 aromatic heterocycles. The van der Waals surface area contributed by atoms with Gasteiger partial charge >= 0.3 is 6.03 Å². The first-order chi connectivity index (χ1) is 15.4. The molecule has 0 radical (unpaired) electrons. The summed E-state index contributed by atoms with van der Waals surface area (Å²) < 4.78 is 19.9. The molecule has 0 aliphatic carbocycles. The van der Waals surface area contributed by atoms with Crippen LogP contribution in [-0.2, 0) is 16.2 Å². The SMILES string of the molecule is O=C1NC(=O)N(c2ccccc2F)C(=O)/C1=C/c1cccc(OCc2cccc(Cl)c2)c1. The van der Waals surface area contributed by atoms with E-state index in [9.17, 15) is 18.8 Å². The summed E-state index contributed by atoms with van der Waals surface area (Å²) in [5.41, 5.74) is 0.823. The number of nitrogens with zero attached hydrogens (tertiary/aromatic N) is 1. The number of nitrogens with one attached hydrogen (secondary N) is 1. The number of urea groups is 1. The molecule has 1 aliphatic heterocycles. The monoisotopic (exact) mass is 450 g/mol. The first kappa shape index (κ1) is 21.3. The molecule has 1 heterocycles. The molecule has 3 aromatic carbocycles. The lowest BCUT2D eigenvalue weighted by Gasteiger charge is -2.26. The van der Waals surface area contributed by atoms with Crippen molar-refractivity contribution in [3.63, 3.8) is 0 Å². The van der Waals surface area contributed by atoms with E-state index in [4.69, 9.17) is 16.3 Å². The number of benzene rings is 3. The van der Waals surface area contributed by atoms with Gasteiger partial charge in [0.05, 0.1) is 5.69 Å². The Bertz CT molecular complexity index is 1260. The molecular formula is C24H16ClFN2O4. The van der Waals surface area contributed by atoms with E-state index < -0.39 is 23.7 Å². The summed E-state index contributed by atoms with van der Waals surface area (Å²) >= 11 is 5.98. The van der Waals surface area contributed by atoms with Gasteiger partial charge in [-0.2, -0.15) is 0 Å². The lowest BCUT2D eigenvalue weighted by molar-refractivity contribution is -0.122. The summed E-state index contributed by atoms with van der Waals surface area (Å²) in [6.45, 7) is 0.273. The van der Waals surface area contributed by atoms with Crippen LogP contribution >= 0.6 is 11.6 Å². The van der Waals surface area contributed by atoms with E-state index in [1.165, 1.54) is 24.3 Å². The van der Waals surface area contributed by atoms with E-state index in [2.05, 4.69) is 5.32 Å². The number of halogens is 2. The zero-order valence-corrected chi connectivity index (χ0v) is 17.3. The summed E-state index contributed by atoms with van der Waals surface area (Å²) in [5.74, 6) is -2.04. The van der Waals surface area contributed by atoms with Crippen molar-refractivity contribution < 1.29 is 23.5 Å². The number of hydrogen-bond acceptors (Lipinski definition) is 4. The van der Waals surface area contributed by atoms with Gasteiger partial charge in [-0.3, -0.25) is 14.9 Å². The molecule has 0 bridgehead atoms. The van der Waals surface area contributed by atoms with Crippen LogP contribution in [0.25, 0.3) is 6.08 Å². The van der Waals surface area contributed by atoms with E-state index in [-0.39, 0.29) is 17.9 Å². The Morgan fingerprint density at radius 3 is 2.53 bits per heavy atom. The zero-order valence-electron chi connectivity index (χ0n) is 16.5. The number of ether oxygens (including phenoxy) is 1. The molecule has 0 saturated carbocycles. The topological polar surface area (TPSA) is 75.7 Å². The summed E-state index contributed by atoms with van der Waals surface area (Å²) in [6, 6.07) is 18.3. The minimum Gasteiger partial charge on any atom is -0.489 e. The Hall–Kier alpha value is -3.97. The van der Waals surface area contributed by atoms with Crippen LogP contribution in [0.2, 0.25) is 5.02 Å². The smallest absolute Gasteiger partial charge is 0.336 e. The highest BCUT2D eigenvalue weighted by atomic mass is 35.5. The number of barbiturate groups is 1. The normalized spacial score (nSPS) is 15.1. The van der Waals surface area contributed by atoms with Crippen molar-refractivity contribution in [1.29, 1.82) is 0 Å². The first-order valence-corrected chi connectivity index (χ1v) is 9.93. The molecule has 1 saturated heterocycles. The zero-order chi connectivity index (χ0) is 22.7. The summed E-state index contributed by atoms with van der Waals surface area (Å²) in [6.07, 6.45) is 1.32. The quantitative estimate of drug-likeness (QED) is 0.450. The van der Waals surface area contributed by atoms with Crippen LogP contribution in [0.15, 0.2) is 78.4 Å². The second kappa shape index (κ2) is 9.03. The Morgan fingerprint density at radius 1 is 0.969 bits per heavy atom. The number of para-hydroxylation sites is 1. The molecule has 3 aromatic rings. The predicted octanol–water partition coefficient (Wildman–Crippen LogP) is 4.72. The number of anilines is 1. The average Bonchev–Trinajstić information content (AvgIpc) is 2.77. The number of amides is 4. The van der Waals surface area contributed by atoms with Crippen molar-refractivity contribution in [3.8, 4) is 5.75 Å². The van der Waals surface area contributed by atoms with Crippen LogP contribution in [-0.4, -0.2) is 17.8 Å². The molecule has 4 rings (SSSR count). The highest BCUT2D eigenvalue weighted by molar-refractivity contribution is 6.39. The van der Waals surface area contributed by atoms with Crippen LogP contribution in [0.3, 0.4) is 0 Å². The summed E-state index contributed by atoms with van der Waals surface area (Å²) in [4.78, 5) is 38.0. The van der Waals surface area contributed by atoms with E-state index in [1.54, 1.807) is 36.4 Å². The molecule has 0 unspecified atom stereocenters. The third-order valence-corrected chi connectivity index (χ3v) is 4.89. The maximum atomic E-state index is 14.2. The molecule has 32 heavy (non-hydrogen) atoms. The molecule has 8 heteroatoms. The Morgan fingerprint density at radius 2 is 1.75 bits per heavy atom. The van der Waals surface area contributed by atoms with Gasteiger partial charge in [0.2, 0.25) is 0 Å². The Balaban J connectivity index is 1.59. The lowest BCUT2D eigenvalue weighted by atomic mass is 10.1. The van der Waals surface area contributed by atoms with Crippen LogP contribution in [0.5, 0.6) is 5.75 Å². The van der Waals surface area contributed by atoms with Gasteiger partial charge in [-0.05, 0) is 53.6 Å². The molecule has 0 atom stereocenters. The lowest BCUT2D eigenvalue weighted by Crippen LogP contribution is -2.54. The van der Waals surface area contributed by atoms with E-state index >= 15 is 0 Å². The van der Waals surface area contributed by atoms with Crippen molar-refractivity contribution in [3.05, 3.63) is 100 Å². The molecule has 1 fully saturated rings. The van der Waals surface area contributed by atoms with E-state index in [0.29, 0.717) is 21.2 Å². The van der Waals surface area contributed by atoms with Crippen LogP contribution in [0.4, 0.5) is 14.9 Å². The van der Waals surface area contributed by atoms with Gasteiger partial charge in [0.15, 0.2) is 0 Å². The standard InChI is InChI=1S/C24H16ClFN2O4/c25-17-7-3-6-16(11-17)14-32-18-8-4-5-15(12-18)13-19-22(29)27-24(31)28(23(19)30)21-10-2-1-9-20(21)26/h1-13H,14H2,(H,27,29,31)/b19-13+. The predicted molar refractivity (Wildman–Crippen MR) is 118 cm³/mol.